The molecule has 0 heterocycles. The Morgan fingerprint density at radius 2 is 2.33 bits per heavy atom. The molecule has 0 radical (unpaired) electrons. The highest BCUT2D eigenvalue weighted by Gasteiger charge is 2.20. The average molecular weight is 210 g/mol. The van der Waals surface area contributed by atoms with E-state index in [4.69, 9.17) is 0 Å². The molecule has 1 aliphatic rings. The fourth-order valence-corrected chi connectivity index (χ4v) is 1.91. The number of Topliss-reactive ketones (excluding diaryl/α,β-unsaturated/α-hetero) is 1. The van der Waals surface area contributed by atoms with Gasteiger partial charge in [-0.25, -0.2) is 4.79 Å². The zero-order valence-corrected chi connectivity index (χ0v) is 9.20. The third kappa shape index (κ3) is 4.28. The first-order valence-electron chi connectivity index (χ1n) is 5.51. The van der Waals surface area contributed by atoms with Gasteiger partial charge >= 0.3 is 5.97 Å². The Morgan fingerprint density at radius 1 is 1.53 bits per heavy atom. The Bertz CT molecular complexity index is 256. The van der Waals surface area contributed by atoms with Gasteiger partial charge in [-0.1, -0.05) is 12.5 Å². The van der Waals surface area contributed by atoms with Crippen LogP contribution in [-0.2, 0) is 14.3 Å². The van der Waals surface area contributed by atoms with Gasteiger partial charge in [0.05, 0.1) is 7.11 Å². The maximum absolute atomic E-state index is 11.5. The van der Waals surface area contributed by atoms with Gasteiger partial charge in [0.15, 0.2) is 0 Å². The van der Waals surface area contributed by atoms with Crippen LogP contribution in [0.5, 0.6) is 0 Å². The zero-order valence-electron chi connectivity index (χ0n) is 9.20. The lowest BCUT2D eigenvalue weighted by Crippen LogP contribution is -2.18. The van der Waals surface area contributed by atoms with E-state index in [0.717, 1.165) is 38.5 Å². The van der Waals surface area contributed by atoms with E-state index in [9.17, 15) is 9.59 Å². The molecule has 3 nitrogen and oxygen atoms in total. The molecule has 1 fully saturated rings. The molecular formula is C12H18O3. The van der Waals surface area contributed by atoms with Crippen LogP contribution in [0, 0.1) is 5.92 Å². The van der Waals surface area contributed by atoms with Gasteiger partial charge in [-0.2, -0.15) is 0 Å². The summed E-state index contributed by atoms with van der Waals surface area (Å²) >= 11 is 0. The molecule has 1 rings (SSSR count). The van der Waals surface area contributed by atoms with E-state index in [1.807, 2.05) is 0 Å². The predicted octanol–water partition coefficient (Wildman–Crippen LogP) is 2.26. The molecule has 3 heteroatoms. The van der Waals surface area contributed by atoms with Gasteiger partial charge in [-0.15, -0.1) is 0 Å². The van der Waals surface area contributed by atoms with Crippen molar-refractivity contribution in [1.29, 1.82) is 0 Å². The van der Waals surface area contributed by atoms with E-state index >= 15 is 0 Å². The SMILES string of the molecule is COC(=O)/C=C\CCC1CCCCC1=O. The third-order valence-electron chi connectivity index (χ3n) is 2.82. The maximum atomic E-state index is 11.5. The Kier molecular flexibility index (Phi) is 5.08. The molecule has 0 aromatic rings. The molecule has 0 aromatic carbocycles. The molecule has 0 aliphatic heterocycles. The van der Waals surface area contributed by atoms with Crippen LogP contribution in [-0.4, -0.2) is 18.9 Å². The molecule has 1 atom stereocenters. The van der Waals surface area contributed by atoms with Gasteiger partial charge in [0.1, 0.15) is 5.78 Å². The lowest BCUT2D eigenvalue weighted by Gasteiger charge is -2.19. The summed E-state index contributed by atoms with van der Waals surface area (Å²) in [4.78, 5) is 22.2. The number of methoxy groups -OCH3 is 1. The summed E-state index contributed by atoms with van der Waals surface area (Å²) in [5, 5.41) is 0. The van der Waals surface area contributed by atoms with E-state index in [2.05, 4.69) is 4.74 Å². The summed E-state index contributed by atoms with van der Waals surface area (Å²) in [5.74, 6) is 0.290. The van der Waals surface area contributed by atoms with Crippen LogP contribution in [0.15, 0.2) is 12.2 Å². The van der Waals surface area contributed by atoms with Crippen LogP contribution >= 0.6 is 0 Å². The number of allylic oxidation sites excluding steroid dienone is 1. The number of rotatable bonds is 4. The fourth-order valence-electron chi connectivity index (χ4n) is 1.91. The van der Waals surface area contributed by atoms with E-state index in [1.54, 1.807) is 6.08 Å². The van der Waals surface area contributed by atoms with Gasteiger partial charge in [0.25, 0.3) is 0 Å². The summed E-state index contributed by atoms with van der Waals surface area (Å²) in [6, 6.07) is 0. The van der Waals surface area contributed by atoms with E-state index < -0.39 is 0 Å². The Hall–Kier alpha value is -1.12. The number of hydrogen-bond donors (Lipinski definition) is 0. The Morgan fingerprint density at radius 3 is 3.00 bits per heavy atom. The highest BCUT2D eigenvalue weighted by Crippen LogP contribution is 2.24. The first-order valence-corrected chi connectivity index (χ1v) is 5.51. The zero-order chi connectivity index (χ0) is 11.1. The first kappa shape index (κ1) is 12.0. The molecule has 0 saturated heterocycles. The highest BCUT2D eigenvalue weighted by atomic mass is 16.5. The van der Waals surface area contributed by atoms with Crippen LogP contribution in [0.25, 0.3) is 0 Å². The maximum Gasteiger partial charge on any atom is 0.330 e. The molecule has 0 N–H and O–H groups in total. The minimum Gasteiger partial charge on any atom is -0.466 e. The normalized spacial score (nSPS) is 21.9. The first-order chi connectivity index (χ1) is 7.24. The topological polar surface area (TPSA) is 43.4 Å². The van der Waals surface area contributed by atoms with E-state index in [1.165, 1.54) is 13.2 Å². The molecule has 1 saturated carbocycles. The van der Waals surface area contributed by atoms with Crippen LogP contribution in [0.3, 0.4) is 0 Å². The van der Waals surface area contributed by atoms with Crippen molar-refractivity contribution in [3.05, 3.63) is 12.2 Å². The summed E-state index contributed by atoms with van der Waals surface area (Å²) in [7, 11) is 1.36. The Balaban J connectivity index is 2.21. The molecule has 1 unspecified atom stereocenters. The lowest BCUT2D eigenvalue weighted by molar-refractivity contribution is -0.134. The minimum atomic E-state index is -0.329. The number of carbonyl (C=O) groups excluding carboxylic acids is 2. The van der Waals surface area contributed by atoms with Crippen LogP contribution < -0.4 is 0 Å². The molecule has 0 aromatic heterocycles. The van der Waals surface area contributed by atoms with Crippen LogP contribution in [0.2, 0.25) is 0 Å². The largest absolute Gasteiger partial charge is 0.466 e. The van der Waals surface area contributed by atoms with Crippen molar-refractivity contribution >= 4 is 11.8 Å². The Labute approximate surface area is 90.5 Å². The quantitative estimate of drug-likeness (QED) is 0.528. The van der Waals surface area contributed by atoms with Gasteiger partial charge in [0.2, 0.25) is 0 Å². The number of esters is 1. The van der Waals surface area contributed by atoms with Gasteiger partial charge in [0, 0.05) is 18.4 Å². The second-order valence-electron chi connectivity index (χ2n) is 3.91. The highest BCUT2D eigenvalue weighted by molar-refractivity contribution is 5.82. The van der Waals surface area contributed by atoms with E-state index in [0.29, 0.717) is 5.78 Å². The predicted molar refractivity (Wildman–Crippen MR) is 57.4 cm³/mol. The second kappa shape index (κ2) is 6.38. The molecule has 1 aliphatic carbocycles. The monoisotopic (exact) mass is 210 g/mol. The summed E-state index contributed by atoms with van der Waals surface area (Å²) in [6.45, 7) is 0. The number of ketones is 1. The molecule has 0 spiro atoms. The summed E-state index contributed by atoms with van der Waals surface area (Å²) in [6.07, 6.45) is 8.83. The smallest absolute Gasteiger partial charge is 0.330 e. The summed E-state index contributed by atoms with van der Waals surface area (Å²) in [5.41, 5.74) is 0. The van der Waals surface area contributed by atoms with Crippen molar-refractivity contribution in [3.63, 3.8) is 0 Å². The van der Waals surface area contributed by atoms with Crippen molar-refractivity contribution in [3.8, 4) is 0 Å². The standard InChI is InChI=1S/C12H18O3/c1-15-12(14)9-5-3-7-10-6-2-4-8-11(10)13/h5,9-10H,2-4,6-8H2,1H3/b9-5-. The second-order valence-corrected chi connectivity index (χ2v) is 3.91. The molecule has 0 amide bonds. The molecule has 84 valence electrons. The van der Waals surface area contributed by atoms with Crippen molar-refractivity contribution in [2.75, 3.05) is 7.11 Å². The van der Waals surface area contributed by atoms with Crippen molar-refractivity contribution in [2.45, 2.75) is 38.5 Å². The third-order valence-corrected chi connectivity index (χ3v) is 2.82. The van der Waals surface area contributed by atoms with Gasteiger partial charge in [-0.05, 0) is 25.7 Å². The van der Waals surface area contributed by atoms with Crippen molar-refractivity contribution < 1.29 is 14.3 Å². The van der Waals surface area contributed by atoms with Crippen LogP contribution in [0.1, 0.15) is 38.5 Å². The number of carbonyl (C=O) groups is 2. The fraction of sp³-hybridized carbons (Fsp3) is 0.667. The van der Waals surface area contributed by atoms with Gasteiger partial charge < -0.3 is 4.74 Å². The lowest BCUT2D eigenvalue weighted by atomic mass is 9.85. The van der Waals surface area contributed by atoms with Crippen molar-refractivity contribution in [1.82, 2.24) is 0 Å². The number of hydrogen-bond acceptors (Lipinski definition) is 3. The number of ether oxygens (including phenoxy) is 1. The van der Waals surface area contributed by atoms with Crippen molar-refractivity contribution in [2.24, 2.45) is 5.92 Å². The molecule has 0 bridgehead atoms. The summed E-state index contributed by atoms with van der Waals surface area (Å²) < 4.78 is 4.47. The van der Waals surface area contributed by atoms with Crippen LogP contribution in [0.4, 0.5) is 0 Å². The van der Waals surface area contributed by atoms with Gasteiger partial charge in [-0.3, -0.25) is 4.79 Å². The molecular weight excluding hydrogens is 192 g/mol. The molecule has 15 heavy (non-hydrogen) atoms. The average Bonchev–Trinajstić information content (AvgIpc) is 2.26. The minimum absolute atomic E-state index is 0.223. The van der Waals surface area contributed by atoms with E-state index in [-0.39, 0.29) is 11.9 Å².